The van der Waals surface area contributed by atoms with E-state index in [2.05, 4.69) is 19.9 Å². The summed E-state index contributed by atoms with van der Waals surface area (Å²) in [5.41, 5.74) is -0.0147. The quantitative estimate of drug-likeness (QED) is 0.639. The number of halogens is 3. The minimum atomic E-state index is -4.46. The van der Waals surface area contributed by atoms with Crippen LogP contribution in [0.4, 0.5) is 19.0 Å². The summed E-state index contributed by atoms with van der Waals surface area (Å²) in [7, 11) is 0. The van der Waals surface area contributed by atoms with Crippen molar-refractivity contribution in [3.63, 3.8) is 0 Å². The number of pyridine rings is 1. The molecule has 0 bridgehead atoms. The summed E-state index contributed by atoms with van der Waals surface area (Å²) in [6.07, 6.45) is -0.407. The van der Waals surface area contributed by atoms with Crippen LogP contribution < -0.4 is 4.90 Å². The standard InChI is InChI=1S/C20H21F3N6O/c1-12-9-27(10-13(2)29(12)14(3)30)18-6-7-24-19(26-18)16-8-25-17-5-4-15(11-28(16)17)20(21,22)23/h4-8,11-13H,9-10H2,1-3H3. The third-order valence-corrected chi connectivity index (χ3v) is 5.31. The van der Waals surface area contributed by atoms with E-state index in [9.17, 15) is 18.0 Å². The molecule has 4 rings (SSSR count). The lowest BCUT2D eigenvalue weighted by Crippen LogP contribution is -2.58. The Hall–Kier alpha value is -3.17. The molecule has 3 aromatic heterocycles. The number of rotatable bonds is 2. The van der Waals surface area contributed by atoms with E-state index in [1.165, 1.54) is 16.7 Å². The van der Waals surface area contributed by atoms with Crippen LogP contribution in [0.1, 0.15) is 26.3 Å². The first-order valence-electron chi connectivity index (χ1n) is 9.56. The number of piperazine rings is 1. The summed E-state index contributed by atoms with van der Waals surface area (Å²) in [6, 6.07) is 4.10. The van der Waals surface area contributed by atoms with Crippen LogP contribution in [-0.2, 0) is 11.0 Å². The van der Waals surface area contributed by atoms with Crippen LogP contribution in [0, 0.1) is 0 Å². The fourth-order valence-corrected chi connectivity index (χ4v) is 4.09. The SMILES string of the molecule is CC(=O)N1C(C)CN(c2ccnc(-c3cnc4ccc(C(F)(F)F)cn34)n2)CC1C. The summed E-state index contributed by atoms with van der Waals surface area (Å²) in [6.45, 7) is 6.73. The largest absolute Gasteiger partial charge is 0.417 e. The molecule has 3 aromatic rings. The van der Waals surface area contributed by atoms with Gasteiger partial charge in [-0.25, -0.2) is 15.0 Å². The van der Waals surface area contributed by atoms with Crippen molar-refractivity contribution >= 4 is 17.4 Å². The molecule has 2 unspecified atom stereocenters. The Kier molecular flexibility index (Phi) is 4.87. The molecule has 0 aliphatic carbocycles. The van der Waals surface area contributed by atoms with E-state index in [1.54, 1.807) is 19.2 Å². The van der Waals surface area contributed by atoms with Gasteiger partial charge in [-0.2, -0.15) is 13.2 Å². The Bertz CT molecular complexity index is 1080. The van der Waals surface area contributed by atoms with Crippen molar-refractivity contribution in [1.82, 2.24) is 24.3 Å². The highest BCUT2D eigenvalue weighted by Crippen LogP contribution is 2.30. The fraction of sp³-hybridized carbons (Fsp3) is 0.400. The maximum Gasteiger partial charge on any atom is 0.417 e. The lowest BCUT2D eigenvalue weighted by Gasteiger charge is -2.44. The highest BCUT2D eigenvalue weighted by molar-refractivity contribution is 5.74. The molecular weight excluding hydrogens is 397 g/mol. The molecule has 10 heteroatoms. The molecule has 1 aliphatic heterocycles. The van der Waals surface area contributed by atoms with Gasteiger partial charge in [0.05, 0.1) is 11.8 Å². The van der Waals surface area contributed by atoms with Gasteiger partial charge in [0, 0.05) is 44.5 Å². The maximum absolute atomic E-state index is 13.1. The number of nitrogens with zero attached hydrogens (tertiary/aromatic N) is 6. The molecule has 0 aromatic carbocycles. The van der Waals surface area contributed by atoms with Crippen LogP contribution in [0.3, 0.4) is 0 Å². The minimum Gasteiger partial charge on any atom is -0.352 e. The highest BCUT2D eigenvalue weighted by Gasteiger charge is 2.32. The van der Waals surface area contributed by atoms with E-state index >= 15 is 0 Å². The molecule has 0 spiro atoms. The van der Waals surface area contributed by atoms with Gasteiger partial charge >= 0.3 is 6.18 Å². The van der Waals surface area contributed by atoms with E-state index in [0.717, 1.165) is 12.3 Å². The van der Waals surface area contributed by atoms with Gasteiger partial charge in [0.1, 0.15) is 17.2 Å². The molecule has 1 fully saturated rings. The van der Waals surface area contributed by atoms with Gasteiger partial charge < -0.3 is 9.80 Å². The van der Waals surface area contributed by atoms with E-state index in [0.29, 0.717) is 30.2 Å². The smallest absolute Gasteiger partial charge is 0.352 e. The molecule has 0 N–H and O–H groups in total. The lowest BCUT2D eigenvalue weighted by atomic mass is 10.1. The molecule has 7 nitrogen and oxygen atoms in total. The summed E-state index contributed by atoms with van der Waals surface area (Å²) < 4.78 is 40.7. The molecular formula is C20H21F3N6O. The Morgan fingerprint density at radius 2 is 1.80 bits per heavy atom. The van der Waals surface area contributed by atoms with Crippen molar-refractivity contribution in [2.75, 3.05) is 18.0 Å². The summed E-state index contributed by atoms with van der Waals surface area (Å²) in [5.74, 6) is 0.974. The third-order valence-electron chi connectivity index (χ3n) is 5.31. The average molecular weight is 418 g/mol. The summed E-state index contributed by atoms with van der Waals surface area (Å²) in [5, 5.41) is 0. The van der Waals surface area contributed by atoms with Crippen molar-refractivity contribution in [3.05, 3.63) is 42.4 Å². The van der Waals surface area contributed by atoms with Crippen molar-refractivity contribution < 1.29 is 18.0 Å². The van der Waals surface area contributed by atoms with Crippen molar-refractivity contribution in [2.45, 2.75) is 39.0 Å². The second kappa shape index (κ2) is 7.26. The molecule has 158 valence electrons. The minimum absolute atomic E-state index is 0.00908. The number of aromatic nitrogens is 4. The summed E-state index contributed by atoms with van der Waals surface area (Å²) >= 11 is 0. The predicted octanol–water partition coefficient (Wildman–Crippen LogP) is 3.26. The molecule has 1 amide bonds. The van der Waals surface area contributed by atoms with E-state index in [-0.39, 0.29) is 23.8 Å². The van der Waals surface area contributed by atoms with Crippen LogP contribution >= 0.6 is 0 Å². The van der Waals surface area contributed by atoms with Crippen LogP contribution in [0.15, 0.2) is 36.8 Å². The zero-order valence-electron chi connectivity index (χ0n) is 16.8. The number of fused-ring (bicyclic) bond motifs is 1. The first kappa shape index (κ1) is 20.1. The number of anilines is 1. The number of hydrogen-bond donors (Lipinski definition) is 0. The topological polar surface area (TPSA) is 66.6 Å². The number of alkyl halides is 3. The number of imidazole rings is 1. The van der Waals surface area contributed by atoms with Gasteiger partial charge in [0.25, 0.3) is 0 Å². The Balaban J connectivity index is 1.69. The van der Waals surface area contributed by atoms with Crippen LogP contribution in [-0.4, -0.2) is 55.3 Å². The zero-order chi connectivity index (χ0) is 21.6. The Morgan fingerprint density at radius 1 is 1.10 bits per heavy atom. The second-order valence-corrected chi connectivity index (χ2v) is 7.55. The Labute approximate surface area is 171 Å². The van der Waals surface area contributed by atoms with Gasteiger partial charge in [0.2, 0.25) is 5.91 Å². The predicted molar refractivity (Wildman–Crippen MR) is 105 cm³/mol. The van der Waals surface area contributed by atoms with Crippen molar-refractivity contribution in [2.24, 2.45) is 0 Å². The average Bonchev–Trinajstić information content (AvgIpc) is 3.10. The monoisotopic (exact) mass is 418 g/mol. The Morgan fingerprint density at radius 3 is 2.43 bits per heavy atom. The molecule has 1 aliphatic rings. The van der Waals surface area contributed by atoms with Crippen molar-refractivity contribution in [3.8, 4) is 11.5 Å². The number of hydrogen-bond acceptors (Lipinski definition) is 5. The zero-order valence-corrected chi connectivity index (χ0v) is 16.8. The number of carbonyl (C=O) groups excluding carboxylic acids is 1. The van der Waals surface area contributed by atoms with Crippen LogP contribution in [0.2, 0.25) is 0 Å². The number of carbonyl (C=O) groups is 1. The normalized spacial score (nSPS) is 20.1. The third kappa shape index (κ3) is 3.57. The van der Waals surface area contributed by atoms with Gasteiger partial charge in [-0.15, -0.1) is 0 Å². The van der Waals surface area contributed by atoms with Crippen molar-refractivity contribution in [1.29, 1.82) is 0 Å². The lowest BCUT2D eigenvalue weighted by molar-refractivity contribution is -0.138. The molecule has 1 saturated heterocycles. The molecule has 0 saturated carbocycles. The van der Waals surface area contributed by atoms with Gasteiger partial charge in [0.15, 0.2) is 5.82 Å². The molecule has 30 heavy (non-hydrogen) atoms. The molecule has 0 radical (unpaired) electrons. The van der Waals surface area contributed by atoms with E-state index in [1.807, 2.05) is 18.7 Å². The van der Waals surface area contributed by atoms with Crippen LogP contribution in [0.5, 0.6) is 0 Å². The number of amides is 1. The second-order valence-electron chi connectivity index (χ2n) is 7.55. The highest BCUT2D eigenvalue weighted by atomic mass is 19.4. The fourth-order valence-electron chi connectivity index (χ4n) is 4.09. The maximum atomic E-state index is 13.1. The van der Waals surface area contributed by atoms with Gasteiger partial charge in [-0.3, -0.25) is 9.20 Å². The summed E-state index contributed by atoms with van der Waals surface area (Å²) in [4.78, 5) is 28.8. The van der Waals surface area contributed by atoms with E-state index < -0.39 is 11.7 Å². The van der Waals surface area contributed by atoms with E-state index in [4.69, 9.17) is 0 Å². The molecule has 2 atom stereocenters. The first-order chi connectivity index (χ1) is 14.1. The van der Waals surface area contributed by atoms with Crippen LogP contribution in [0.25, 0.3) is 17.2 Å². The molecule has 4 heterocycles. The van der Waals surface area contributed by atoms with Gasteiger partial charge in [-0.05, 0) is 32.0 Å². The van der Waals surface area contributed by atoms with Gasteiger partial charge in [-0.1, -0.05) is 0 Å². The first-order valence-corrected chi connectivity index (χ1v) is 9.56.